The Morgan fingerprint density at radius 2 is 2.20 bits per heavy atom. The molecular formula is C15H20FNO3. The molecule has 5 heteroatoms. The fourth-order valence-electron chi connectivity index (χ4n) is 2.63. The van der Waals surface area contributed by atoms with Gasteiger partial charge in [0.05, 0.1) is 13.7 Å². The molecule has 0 unspecified atom stereocenters. The van der Waals surface area contributed by atoms with E-state index in [4.69, 9.17) is 9.47 Å². The predicted molar refractivity (Wildman–Crippen MR) is 73.2 cm³/mol. The van der Waals surface area contributed by atoms with Gasteiger partial charge in [0.2, 0.25) is 5.91 Å². The third-order valence-corrected chi connectivity index (χ3v) is 3.61. The third kappa shape index (κ3) is 3.48. The number of halogens is 1. The number of carbonyl (C=O) groups excluding carboxylic acids is 1. The highest BCUT2D eigenvalue weighted by Gasteiger charge is 2.29. The van der Waals surface area contributed by atoms with Crippen LogP contribution in [0.4, 0.5) is 4.39 Å². The van der Waals surface area contributed by atoms with Gasteiger partial charge in [-0.2, -0.15) is 0 Å². The van der Waals surface area contributed by atoms with E-state index in [9.17, 15) is 9.18 Å². The molecule has 0 spiro atoms. The SMILES string of the molecule is COCCN1C[C@@H](Cc2cc(F)ccc2OC)CC1=O. The highest BCUT2D eigenvalue weighted by molar-refractivity contribution is 5.78. The lowest BCUT2D eigenvalue weighted by atomic mass is 9.98. The monoisotopic (exact) mass is 281 g/mol. The van der Waals surface area contributed by atoms with Crippen LogP contribution >= 0.6 is 0 Å². The highest BCUT2D eigenvalue weighted by atomic mass is 19.1. The van der Waals surface area contributed by atoms with Gasteiger partial charge in [0.1, 0.15) is 11.6 Å². The number of benzene rings is 1. The molecule has 110 valence electrons. The summed E-state index contributed by atoms with van der Waals surface area (Å²) in [4.78, 5) is 13.7. The number of hydrogen-bond donors (Lipinski definition) is 0. The molecule has 1 saturated heterocycles. The zero-order chi connectivity index (χ0) is 14.5. The zero-order valence-electron chi connectivity index (χ0n) is 11.9. The molecule has 0 aromatic heterocycles. The molecule has 1 atom stereocenters. The van der Waals surface area contributed by atoms with Gasteiger partial charge < -0.3 is 14.4 Å². The van der Waals surface area contributed by atoms with E-state index in [1.54, 1.807) is 25.2 Å². The molecule has 1 amide bonds. The molecule has 2 rings (SSSR count). The van der Waals surface area contributed by atoms with Crippen LogP contribution in [0.5, 0.6) is 5.75 Å². The third-order valence-electron chi connectivity index (χ3n) is 3.61. The van der Waals surface area contributed by atoms with Crippen molar-refractivity contribution in [2.75, 3.05) is 33.9 Å². The lowest BCUT2D eigenvalue weighted by molar-refractivity contribution is -0.128. The molecule has 4 nitrogen and oxygen atoms in total. The summed E-state index contributed by atoms with van der Waals surface area (Å²) >= 11 is 0. The highest BCUT2D eigenvalue weighted by Crippen LogP contribution is 2.27. The van der Waals surface area contributed by atoms with Crippen molar-refractivity contribution in [1.29, 1.82) is 0 Å². The molecule has 0 saturated carbocycles. The average molecular weight is 281 g/mol. The lowest BCUT2D eigenvalue weighted by Gasteiger charge is -2.16. The number of amides is 1. The maximum atomic E-state index is 13.3. The van der Waals surface area contributed by atoms with E-state index in [1.807, 2.05) is 0 Å². The minimum absolute atomic E-state index is 0.141. The van der Waals surface area contributed by atoms with Gasteiger partial charge in [-0.15, -0.1) is 0 Å². The number of carbonyl (C=O) groups is 1. The van der Waals surface area contributed by atoms with E-state index in [1.165, 1.54) is 12.1 Å². The Hall–Kier alpha value is -1.62. The fourth-order valence-corrected chi connectivity index (χ4v) is 2.63. The van der Waals surface area contributed by atoms with Crippen LogP contribution in [0, 0.1) is 11.7 Å². The summed E-state index contributed by atoms with van der Waals surface area (Å²) in [5.41, 5.74) is 0.818. The van der Waals surface area contributed by atoms with E-state index in [0.29, 0.717) is 38.3 Å². The second kappa shape index (κ2) is 6.70. The van der Waals surface area contributed by atoms with Crippen molar-refractivity contribution in [2.45, 2.75) is 12.8 Å². The van der Waals surface area contributed by atoms with Gasteiger partial charge in [-0.3, -0.25) is 4.79 Å². The number of rotatable bonds is 6. The van der Waals surface area contributed by atoms with Crippen LogP contribution in [0.1, 0.15) is 12.0 Å². The molecular weight excluding hydrogens is 261 g/mol. The summed E-state index contributed by atoms with van der Waals surface area (Å²) in [5, 5.41) is 0. The average Bonchev–Trinajstić information content (AvgIpc) is 2.77. The van der Waals surface area contributed by atoms with Crippen molar-refractivity contribution in [1.82, 2.24) is 4.90 Å². The number of ether oxygens (including phenoxy) is 2. The molecule has 1 aliphatic heterocycles. The first kappa shape index (κ1) is 14.8. The fraction of sp³-hybridized carbons (Fsp3) is 0.533. The quantitative estimate of drug-likeness (QED) is 0.799. The molecule has 1 aliphatic rings. The van der Waals surface area contributed by atoms with Crippen molar-refractivity contribution in [2.24, 2.45) is 5.92 Å². The molecule has 0 N–H and O–H groups in total. The Morgan fingerprint density at radius 3 is 2.90 bits per heavy atom. The first-order valence-corrected chi connectivity index (χ1v) is 6.73. The molecule has 0 radical (unpaired) electrons. The molecule has 0 aliphatic carbocycles. The van der Waals surface area contributed by atoms with Gasteiger partial charge >= 0.3 is 0 Å². The minimum atomic E-state index is -0.277. The minimum Gasteiger partial charge on any atom is -0.496 e. The maximum absolute atomic E-state index is 13.3. The predicted octanol–water partition coefficient (Wildman–Crippen LogP) is 1.87. The van der Waals surface area contributed by atoms with E-state index in [-0.39, 0.29) is 17.6 Å². The Kier molecular flexibility index (Phi) is 4.95. The molecule has 1 fully saturated rings. The lowest BCUT2D eigenvalue weighted by Crippen LogP contribution is -2.28. The zero-order valence-corrected chi connectivity index (χ0v) is 11.9. The van der Waals surface area contributed by atoms with Crippen LogP contribution in [0.3, 0.4) is 0 Å². The molecule has 1 heterocycles. The second-order valence-electron chi connectivity index (χ2n) is 5.06. The smallest absolute Gasteiger partial charge is 0.223 e. The van der Waals surface area contributed by atoms with Crippen LogP contribution in [0.2, 0.25) is 0 Å². The Bertz CT molecular complexity index is 478. The molecule has 1 aromatic carbocycles. The van der Waals surface area contributed by atoms with Crippen LogP contribution in [0.25, 0.3) is 0 Å². The summed E-state index contributed by atoms with van der Waals surface area (Å²) in [6.07, 6.45) is 1.15. The van der Waals surface area contributed by atoms with Gasteiger partial charge in [0, 0.05) is 26.6 Å². The van der Waals surface area contributed by atoms with Gasteiger partial charge in [-0.25, -0.2) is 4.39 Å². The molecule has 1 aromatic rings. The summed E-state index contributed by atoms with van der Waals surface area (Å²) in [6.45, 7) is 1.86. The van der Waals surface area contributed by atoms with E-state index in [2.05, 4.69) is 0 Å². The van der Waals surface area contributed by atoms with Gasteiger partial charge in [-0.05, 0) is 36.1 Å². The van der Waals surface area contributed by atoms with Crippen LogP contribution in [-0.2, 0) is 16.0 Å². The Morgan fingerprint density at radius 1 is 1.40 bits per heavy atom. The van der Waals surface area contributed by atoms with Gasteiger partial charge in [0.15, 0.2) is 0 Å². The van der Waals surface area contributed by atoms with Crippen molar-refractivity contribution < 1.29 is 18.7 Å². The van der Waals surface area contributed by atoms with Crippen molar-refractivity contribution in [3.05, 3.63) is 29.6 Å². The summed E-state index contributed by atoms with van der Waals surface area (Å²) in [7, 11) is 3.19. The largest absolute Gasteiger partial charge is 0.496 e. The van der Waals surface area contributed by atoms with E-state index < -0.39 is 0 Å². The topological polar surface area (TPSA) is 38.8 Å². The number of likely N-dealkylation sites (tertiary alicyclic amines) is 1. The normalized spacial score (nSPS) is 18.6. The van der Waals surface area contributed by atoms with Gasteiger partial charge in [-0.1, -0.05) is 0 Å². The first-order valence-electron chi connectivity index (χ1n) is 6.73. The van der Waals surface area contributed by atoms with Crippen molar-refractivity contribution >= 4 is 5.91 Å². The Labute approximate surface area is 118 Å². The Balaban J connectivity index is 2.01. The number of methoxy groups -OCH3 is 2. The number of hydrogen-bond acceptors (Lipinski definition) is 3. The van der Waals surface area contributed by atoms with Crippen LogP contribution < -0.4 is 4.74 Å². The van der Waals surface area contributed by atoms with E-state index >= 15 is 0 Å². The standard InChI is InChI=1S/C15H20FNO3/c1-19-6-5-17-10-11(8-15(17)18)7-12-9-13(16)3-4-14(12)20-2/h3-4,9,11H,5-8,10H2,1-2H3/t11-/m0/s1. The number of nitrogens with zero attached hydrogens (tertiary/aromatic N) is 1. The summed E-state index contributed by atoms with van der Waals surface area (Å²) in [5.74, 6) is 0.744. The van der Waals surface area contributed by atoms with Crippen molar-refractivity contribution in [3.63, 3.8) is 0 Å². The summed E-state index contributed by atoms with van der Waals surface area (Å²) < 4.78 is 23.6. The van der Waals surface area contributed by atoms with Gasteiger partial charge in [0.25, 0.3) is 0 Å². The van der Waals surface area contributed by atoms with Crippen LogP contribution in [-0.4, -0.2) is 44.7 Å². The first-order chi connectivity index (χ1) is 9.63. The second-order valence-corrected chi connectivity index (χ2v) is 5.06. The molecule has 20 heavy (non-hydrogen) atoms. The van der Waals surface area contributed by atoms with Crippen molar-refractivity contribution in [3.8, 4) is 5.75 Å². The maximum Gasteiger partial charge on any atom is 0.223 e. The summed E-state index contributed by atoms with van der Waals surface area (Å²) in [6, 6.07) is 4.50. The molecule has 0 bridgehead atoms. The van der Waals surface area contributed by atoms with E-state index in [0.717, 1.165) is 5.56 Å². The van der Waals surface area contributed by atoms with Crippen LogP contribution in [0.15, 0.2) is 18.2 Å².